The molecular weight excluding hydrogens is 324 g/mol. The molecule has 0 aromatic heterocycles. The summed E-state index contributed by atoms with van der Waals surface area (Å²) < 4.78 is 4.66. The predicted octanol–water partition coefficient (Wildman–Crippen LogP) is 5.93. The number of esters is 1. The van der Waals surface area contributed by atoms with Crippen LogP contribution in [0.5, 0.6) is 0 Å². The van der Waals surface area contributed by atoms with Crippen molar-refractivity contribution < 1.29 is 9.53 Å². The number of rotatable bonds is 9. The van der Waals surface area contributed by atoms with Crippen LogP contribution in [0.4, 0.5) is 0 Å². The molecule has 0 rings (SSSR count). The molecule has 0 radical (unpaired) electrons. The molecule has 25 heavy (non-hydrogen) atoms. The van der Waals surface area contributed by atoms with Crippen molar-refractivity contribution in [1.29, 1.82) is 0 Å². The highest BCUT2D eigenvalue weighted by Crippen LogP contribution is 2.13. The van der Waals surface area contributed by atoms with E-state index in [0.717, 1.165) is 19.3 Å². The van der Waals surface area contributed by atoms with E-state index in [1.807, 2.05) is 0 Å². The van der Waals surface area contributed by atoms with Crippen LogP contribution >= 0.6 is 0 Å². The van der Waals surface area contributed by atoms with Gasteiger partial charge in [-0.15, -0.1) is 11.5 Å². The van der Waals surface area contributed by atoms with Gasteiger partial charge in [-0.3, -0.25) is 4.79 Å². The second-order valence-corrected chi connectivity index (χ2v) is 12.6. The Morgan fingerprint density at radius 2 is 1.84 bits per heavy atom. The van der Waals surface area contributed by atoms with Gasteiger partial charge in [0.25, 0.3) is 0 Å². The fourth-order valence-corrected chi connectivity index (χ4v) is 2.90. The molecule has 140 valence electrons. The Balaban J connectivity index is 4.24. The normalized spacial score (nSPS) is 15.1. The standard InChI is InChI=1S/C22H36O2Si/c1-19(15-11-17-25(5,6)7)12-8-9-13-20(2)18-21(3)14-10-16-22(23)24-4/h8-9,12-13,18-19,21H,10,14-16H2,1-7H3/b12-8+,13-9+,20-18-/t19-,21?/m0/s1. The van der Waals surface area contributed by atoms with Gasteiger partial charge in [0, 0.05) is 12.8 Å². The number of carbonyl (C=O) groups is 1. The molecule has 1 unspecified atom stereocenters. The van der Waals surface area contributed by atoms with Crippen molar-refractivity contribution in [2.75, 3.05) is 7.11 Å². The largest absolute Gasteiger partial charge is 0.469 e. The maximum atomic E-state index is 11.1. The fourth-order valence-electron chi connectivity index (χ4n) is 2.26. The number of methoxy groups -OCH3 is 1. The van der Waals surface area contributed by atoms with Crippen molar-refractivity contribution in [2.24, 2.45) is 11.8 Å². The first-order valence-corrected chi connectivity index (χ1v) is 12.7. The summed E-state index contributed by atoms with van der Waals surface area (Å²) in [5, 5.41) is 0. The minimum atomic E-state index is -1.24. The topological polar surface area (TPSA) is 26.3 Å². The first-order valence-electron chi connectivity index (χ1n) is 9.24. The third-order valence-electron chi connectivity index (χ3n) is 3.61. The Morgan fingerprint density at radius 3 is 2.44 bits per heavy atom. The number of carbonyl (C=O) groups excluding carboxylic acids is 1. The second kappa shape index (κ2) is 12.8. The zero-order chi connectivity index (χ0) is 19.3. The molecule has 0 saturated carbocycles. The lowest BCUT2D eigenvalue weighted by Gasteiger charge is -2.06. The van der Waals surface area contributed by atoms with Crippen molar-refractivity contribution in [3.8, 4) is 11.5 Å². The Morgan fingerprint density at radius 1 is 1.16 bits per heavy atom. The quantitative estimate of drug-likeness (QED) is 0.220. The van der Waals surface area contributed by atoms with Crippen LogP contribution in [0.3, 0.4) is 0 Å². The molecule has 0 fully saturated rings. The zero-order valence-electron chi connectivity index (χ0n) is 17.2. The van der Waals surface area contributed by atoms with E-state index in [2.05, 4.69) is 87.0 Å². The molecular formula is C22H36O2Si. The highest BCUT2D eigenvalue weighted by Gasteiger charge is 2.07. The van der Waals surface area contributed by atoms with E-state index in [1.165, 1.54) is 12.7 Å². The van der Waals surface area contributed by atoms with Crippen molar-refractivity contribution >= 4 is 14.0 Å². The summed E-state index contributed by atoms with van der Waals surface area (Å²) >= 11 is 0. The molecule has 0 aromatic rings. The first kappa shape index (κ1) is 23.5. The molecule has 0 bridgehead atoms. The maximum Gasteiger partial charge on any atom is 0.305 e. The van der Waals surface area contributed by atoms with Crippen LogP contribution < -0.4 is 0 Å². The molecule has 0 aliphatic rings. The van der Waals surface area contributed by atoms with Gasteiger partial charge >= 0.3 is 5.97 Å². The van der Waals surface area contributed by atoms with Crippen LogP contribution in [0.25, 0.3) is 0 Å². The molecule has 0 N–H and O–H groups in total. The molecule has 0 aliphatic heterocycles. The SMILES string of the molecule is COC(=O)CCCC(C)\C=C(C)/C=C/C=C/[C@H](C)CC#C[Si](C)(C)C. The van der Waals surface area contributed by atoms with Gasteiger partial charge in [-0.05, 0) is 31.6 Å². The van der Waals surface area contributed by atoms with Gasteiger partial charge < -0.3 is 4.74 Å². The van der Waals surface area contributed by atoms with Gasteiger partial charge in [0.05, 0.1) is 7.11 Å². The van der Waals surface area contributed by atoms with Crippen LogP contribution in [0, 0.1) is 23.3 Å². The van der Waals surface area contributed by atoms with Crippen LogP contribution in [-0.4, -0.2) is 21.2 Å². The van der Waals surface area contributed by atoms with E-state index in [4.69, 9.17) is 0 Å². The van der Waals surface area contributed by atoms with Gasteiger partial charge in [0.15, 0.2) is 0 Å². The van der Waals surface area contributed by atoms with Crippen molar-refractivity contribution in [1.82, 2.24) is 0 Å². The molecule has 0 amide bonds. The summed E-state index contributed by atoms with van der Waals surface area (Å²) in [5.74, 6) is 4.15. The summed E-state index contributed by atoms with van der Waals surface area (Å²) in [5.41, 5.74) is 4.66. The van der Waals surface area contributed by atoms with Gasteiger partial charge in [-0.25, -0.2) is 0 Å². The smallest absolute Gasteiger partial charge is 0.305 e. The van der Waals surface area contributed by atoms with E-state index in [1.54, 1.807) is 0 Å². The second-order valence-electron chi connectivity index (χ2n) is 7.83. The van der Waals surface area contributed by atoms with Gasteiger partial charge in [-0.2, -0.15) is 0 Å². The van der Waals surface area contributed by atoms with Gasteiger partial charge in [-0.1, -0.05) is 69.4 Å². The molecule has 0 aromatic carbocycles. The molecule has 0 aliphatic carbocycles. The molecule has 2 nitrogen and oxygen atoms in total. The molecule has 0 saturated heterocycles. The summed E-state index contributed by atoms with van der Waals surface area (Å²) in [7, 11) is 0.195. The fraction of sp³-hybridized carbons (Fsp3) is 0.591. The Labute approximate surface area is 156 Å². The number of ether oxygens (including phenoxy) is 1. The van der Waals surface area contributed by atoms with Crippen molar-refractivity contribution in [3.63, 3.8) is 0 Å². The van der Waals surface area contributed by atoms with Crippen molar-refractivity contribution in [2.45, 2.75) is 66.1 Å². The summed E-state index contributed by atoms with van der Waals surface area (Å²) in [6.07, 6.45) is 14.1. The van der Waals surface area contributed by atoms with Crippen LogP contribution in [0.2, 0.25) is 19.6 Å². The minimum Gasteiger partial charge on any atom is -0.469 e. The minimum absolute atomic E-state index is 0.124. The van der Waals surface area contributed by atoms with Crippen LogP contribution in [-0.2, 0) is 9.53 Å². The van der Waals surface area contributed by atoms with Gasteiger partial charge in [0.1, 0.15) is 8.07 Å². The average molecular weight is 361 g/mol. The summed E-state index contributed by atoms with van der Waals surface area (Å²) in [4.78, 5) is 11.1. The van der Waals surface area contributed by atoms with Crippen LogP contribution in [0.15, 0.2) is 36.0 Å². The van der Waals surface area contributed by atoms with Gasteiger partial charge in [0.2, 0.25) is 0 Å². The number of hydrogen-bond acceptors (Lipinski definition) is 2. The molecule has 0 spiro atoms. The molecule has 3 heteroatoms. The third-order valence-corrected chi connectivity index (χ3v) is 4.54. The average Bonchev–Trinajstić information content (AvgIpc) is 2.50. The number of allylic oxidation sites excluding steroid dienone is 6. The van der Waals surface area contributed by atoms with E-state index in [0.29, 0.717) is 18.3 Å². The van der Waals surface area contributed by atoms with E-state index in [9.17, 15) is 4.79 Å². The zero-order valence-corrected chi connectivity index (χ0v) is 18.2. The third kappa shape index (κ3) is 15.7. The highest BCUT2D eigenvalue weighted by atomic mass is 28.3. The summed E-state index contributed by atoms with van der Waals surface area (Å²) in [6.45, 7) is 13.3. The predicted molar refractivity (Wildman–Crippen MR) is 112 cm³/mol. The lowest BCUT2D eigenvalue weighted by Crippen LogP contribution is -2.16. The lowest BCUT2D eigenvalue weighted by molar-refractivity contribution is -0.140. The summed E-state index contributed by atoms with van der Waals surface area (Å²) in [6, 6.07) is 0. The Bertz CT molecular complexity index is 539. The monoisotopic (exact) mass is 360 g/mol. The van der Waals surface area contributed by atoms with E-state index in [-0.39, 0.29) is 5.97 Å². The van der Waals surface area contributed by atoms with Crippen LogP contribution in [0.1, 0.15) is 46.5 Å². The van der Waals surface area contributed by atoms with E-state index >= 15 is 0 Å². The van der Waals surface area contributed by atoms with E-state index < -0.39 is 8.07 Å². The number of hydrogen-bond donors (Lipinski definition) is 0. The maximum absolute atomic E-state index is 11.1. The highest BCUT2D eigenvalue weighted by molar-refractivity contribution is 6.83. The first-order chi connectivity index (χ1) is 11.6. The Kier molecular flexibility index (Phi) is 12.0. The lowest BCUT2D eigenvalue weighted by atomic mass is 10.0. The molecule has 2 atom stereocenters. The Hall–Kier alpha value is -1.53. The molecule has 0 heterocycles. The van der Waals surface area contributed by atoms with Crippen molar-refractivity contribution in [3.05, 3.63) is 36.0 Å².